The Labute approximate surface area is 129 Å². The fraction of sp³-hybridized carbons (Fsp3) is 0.133. The van der Waals surface area contributed by atoms with Crippen molar-refractivity contribution < 1.29 is 9.76 Å². The van der Waals surface area contributed by atoms with E-state index in [0.29, 0.717) is 11.3 Å². The lowest BCUT2D eigenvalue weighted by Gasteiger charge is -2.12. The molecule has 0 spiro atoms. The van der Waals surface area contributed by atoms with Crippen molar-refractivity contribution in [3.8, 4) is 0 Å². The second-order valence-electron chi connectivity index (χ2n) is 4.65. The van der Waals surface area contributed by atoms with Crippen LogP contribution in [0.5, 0.6) is 0 Å². The first kappa shape index (κ1) is 13.8. The molecular formula is C15H11BrN2O3. The lowest BCUT2D eigenvalue weighted by molar-refractivity contribution is -0.512. The van der Waals surface area contributed by atoms with E-state index in [0.717, 1.165) is 10.0 Å². The van der Waals surface area contributed by atoms with Crippen LogP contribution in [0.15, 0.2) is 64.2 Å². The summed E-state index contributed by atoms with van der Waals surface area (Å²) in [6.45, 7) is 0. The number of hydrogen-bond donors (Lipinski definition) is 0. The standard InChI is InChI=1S/C15H11BrN2O3/c16-12-8-6-11(7-9-12)15-14(18(19)20)13(17-21-15)10-4-2-1-3-5-10/h1-9,14-15H/t14-,15-/m1/s1. The molecule has 0 bridgehead atoms. The van der Waals surface area contributed by atoms with Crippen LogP contribution in [-0.2, 0) is 4.84 Å². The van der Waals surface area contributed by atoms with E-state index in [9.17, 15) is 10.1 Å². The summed E-state index contributed by atoms with van der Waals surface area (Å²) in [5, 5.41) is 15.4. The van der Waals surface area contributed by atoms with Gasteiger partial charge in [0.1, 0.15) is 0 Å². The number of nitrogens with zero attached hydrogens (tertiary/aromatic N) is 2. The fourth-order valence-electron chi connectivity index (χ4n) is 2.31. The lowest BCUT2D eigenvalue weighted by atomic mass is 9.95. The molecular weight excluding hydrogens is 336 g/mol. The minimum absolute atomic E-state index is 0.342. The van der Waals surface area contributed by atoms with Crippen molar-refractivity contribution >= 4 is 21.6 Å². The van der Waals surface area contributed by atoms with Crippen molar-refractivity contribution in [2.24, 2.45) is 5.16 Å². The molecule has 6 heteroatoms. The molecule has 2 aromatic rings. The summed E-state index contributed by atoms with van der Waals surface area (Å²) < 4.78 is 0.908. The van der Waals surface area contributed by atoms with E-state index in [1.54, 1.807) is 24.3 Å². The van der Waals surface area contributed by atoms with Crippen LogP contribution in [0.3, 0.4) is 0 Å². The van der Waals surface area contributed by atoms with Crippen molar-refractivity contribution in [3.63, 3.8) is 0 Å². The maximum atomic E-state index is 11.5. The molecule has 0 fully saturated rings. The third-order valence-electron chi connectivity index (χ3n) is 3.33. The van der Waals surface area contributed by atoms with Crippen LogP contribution in [-0.4, -0.2) is 16.7 Å². The zero-order valence-corrected chi connectivity index (χ0v) is 12.4. The first-order chi connectivity index (χ1) is 10.2. The van der Waals surface area contributed by atoms with E-state index in [1.807, 2.05) is 30.3 Å². The van der Waals surface area contributed by atoms with Crippen LogP contribution in [0.25, 0.3) is 0 Å². The van der Waals surface area contributed by atoms with Crippen LogP contribution in [0.2, 0.25) is 0 Å². The normalized spacial score (nSPS) is 20.7. The molecule has 0 aromatic heterocycles. The molecule has 0 N–H and O–H groups in total. The first-order valence-electron chi connectivity index (χ1n) is 6.35. The predicted molar refractivity (Wildman–Crippen MR) is 81.7 cm³/mol. The Bertz CT molecular complexity index is 686. The zero-order chi connectivity index (χ0) is 14.8. The van der Waals surface area contributed by atoms with E-state index in [1.165, 1.54) is 0 Å². The Morgan fingerprint density at radius 1 is 1.10 bits per heavy atom. The van der Waals surface area contributed by atoms with Gasteiger partial charge in [0.25, 0.3) is 0 Å². The summed E-state index contributed by atoms with van der Waals surface area (Å²) in [5.74, 6) is 0. The highest BCUT2D eigenvalue weighted by Gasteiger charge is 2.45. The second-order valence-corrected chi connectivity index (χ2v) is 5.57. The van der Waals surface area contributed by atoms with E-state index >= 15 is 0 Å². The average Bonchev–Trinajstić information content (AvgIpc) is 2.94. The molecule has 2 atom stereocenters. The van der Waals surface area contributed by atoms with Crippen LogP contribution in [0.1, 0.15) is 17.2 Å². The van der Waals surface area contributed by atoms with Crippen LogP contribution in [0, 0.1) is 10.1 Å². The molecule has 0 radical (unpaired) electrons. The summed E-state index contributed by atoms with van der Waals surface area (Å²) in [4.78, 5) is 16.5. The molecule has 1 heterocycles. The van der Waals surface area contributed by atoms with Gasteiger partial charge in [0.2, 0.25) is 6.10 Å². The SMILES string of the molecule is O=[N+]([O-])[C@@H]1C(c2ccccc2)=NO[C@@H]1c1ccc(Br)cc1. The van der Waals surface area contributed by atoms with Crippen LogP contribution >= 0.6 is 15.9 Å². The minimum Gasteiger partial charge on any atom is -0.379 e. The largest absolute Gasteiger partial charge is 0.379 e. The highest BCUT2D eigenvalue weighted by molar-refractivity contribution is 9.10. The van der Waals surface area contributed by atoms with Crippen molar-refractivity contribution in [1.29, 1.82) is 0 Å². The quantitative estimate of drug-likeness (QED) is 0.630. The molecule has 1 aliphatic heterocycles. The van der Waals surface area contributed by atoms with Crippen molar-refractivity contribution in [1.82, 2.24) is 0 Å². The van der Waals surface area contributed by atoms with Gasteiger partial charge in [0.15, 0.2) is 5.71 Å². The van der Waals surface area contributed by atoms with Crippen molar-refractivity contribution in [3.05, 3.63) is 80.3 Å². The van der Waals surface area contributed by atoms with Gasteiger partial charge in [-0.3, -0.25) is 10.1 Å². The summed E-state index contributed by atoms with van der Waals surface area (Å²) in [5.41, 5.74) is 1.79. The van der Waals surface area contributed by atoms with E-state index in [2.05, 4.69) is 21.1 Å². The number of nitro groups is 1. The van der Waals surface area contributed by atoms with Gasteiger partial charge in [-0.05, 0) is 12.1 Å². The monoisotopic (exact) mass is 346 g/mol. The van der Waals surface area contributed by atoms with Crippen molar-refractivity contribution in [2.75, 3.05) is 0 Å². The smallest absolute Gasteiger partial charge is 0.301 e. The van der Waals surface area contributed by atoms with E-state index in [-0.39, 0.29) is 4.92 Å². The van der Waals surface area contributed by atoms with Gasteiger partial charge in [-0.2, -0.15) is 0 Å². The molecule has 5 nitrogen and oxygen atoms in total. The molecule has 0 saturated heterocycles. The summed E-state index contributed by atoms with van der Waals surface area (Å²) in [6.07, 6.45) is -0.705. The molecule has 0 unspecified atom stereocenters. The van der Waals surface area contributed by atoms with Crippen LogP contribution < -0.4 is 0 Å². The Morgan fingerprint density at radius 2 is 1.76 bits per heavy atom. The topological polar surface area (TPSA) is 64.7 Å². The number of halogens is 1. The molecule has 0 amide bonds. The third kappa shape index (κ3) is 2.67. The number of benzene rings is 2. The van der Waals surface area contributed by atoms with Crippen LogP contribution in [0.4, 0.5) is 0 Å². The molecule has 0 aliphatic carbocycles. The maximum Gasteiger partial charge on any atom is 0.301 e. The summed E-state index contributed by atoms with van der Waals surface area (Å²) >= 11 is 3.34. The van der Waals surface area contributed by atoms with E-state index in [4.69, 9.17) is 4.84 Å². The summed E-state index contributed by atoms with van der Waals surface area (Å²) in [6, 6.07) is 15.3. The lowest BCUT2D eigenvalue weighted by Crippen LogP contribution is -2.32. The van der Waals surface area contributed by atoms with Gasteiger partial charge >= 0.3 is 6.04 Å². The van der Waals surface area contributed by atoms with Gasteiger partial charge in [-0.25, -0.2) is 0 Å². The number of oxime groups is 1. The molecule has 2 aromatic carbocycles. The Balaban J connectivity index is 1.95. The highest BCUT2D eigenvalue weighted by Crippen LogP contribution is 2.32. The molecule has 0 saturated carbocycles. The zero-order valence-electron chi connectivity index (χ0n) is 10.8. The second kappa shape index (κ2) is 5.65. The highest BCUT2D eigenvalue weighted by atomic mass is 79.9. The van der Waals surface area contributed by atoms with Gasteiger partial charge in [-0.1, -0.05) is 63.6 Å². The average molecular weight is 347 g/mol. The molecule has 21 heavy (non-hydrogen) atoms. The predicted octanol–water partition coefficient (Wildman–Crippen LogP) is 3.57. The molecule has 106 valence electrons. The van der Waals surface area contributed by atoms with Gasteiger partial charge in [-0.15, -0.1) is 0 Å². The maximum absolute atomic E-state index is 11.5. The van der Waals surface area contributed by atoms with Gasteiger partial charge < -0.3 is 4.84 Å². The van der Waals surface area contributed by atoms with Gasteiger partial charge in [0.05, 0.1) is 0 Å². The van der Waals surface area contributed by atoms with E-state index < -0.39 is 12.1 Å². The minimum atomic E-state index is -1.01. The van der Waals surface area contributed by atoms with Crippen molar-refractivity contribution in [2.45, 2.75) is 12.1 Å². The van der Waals surface area contributed by atoms with Gasteiger partial charge in [0, 0.05) is 20.5 Å². The Kier molecular flexibility index (Phi) is 3.70. The number of hydrogen-bond acceptors (Lipinski definition) is 4. The first-order valence-corrected chi connectivity index (χ1v) is 7.14. The Morgan fingerprint density at radius 3 is 2.38 bits per heavy atom. The third-order valence-corrected chi connectivity index (χ3v) is 3.86. The number of rotatable bonds is 3. The molecule has 3 rings (SSSR count). The summed E-state index contributed by atoms with van der Waals surface area (Å²) in [7, 11) is 0. The fourth-order valence-corrected chi connectivity index (χ4v) is 2.57. The Hall–Kier alpha value is -2.21. The molecule has 1 aliphatic rings.